The first-order chi connectivity index (χ1) is 13.4. The van der Waals surface area contributed by atoms with E-state index in [2.05, 4.69) is 9.88 Å². The van der Waals surface area contributed by atoms with E-state index in [1.807, 2.05) is 0 Å². The standard InChI is InChI=1S/C17H12Cl2F3N3O3S/c18-10-4-9(5-11(19)6-10)16(17(20,21)22)7-13(24-28-16)8-1-2-12-14(3-8)29(26,27)25-15(12)23/h1-6,15,25H,7,23H2. The van der Waals surface area contributed by atoms with Gasteiger partial charge >= 0.3 is 6.18 Å². The number of rotatable bonds is 2. The second-order valence-corrected chi connectivity index (χ2v) is 9.20. The lowest BCUT2D eigenvalue weighted by atomic mass is 9.86. The number of alkyl halides is 3. The van der Waals surface area contributed by atoms with E-state index in [4.69, 9.17) is 33.8 Å². The van der Waals surface area contributed by atoms with Crippen LogP contribution in [0.1, 0.15) is 29.3 Å². The van der Waals surface area contributed by atoms with Gasteiger partial charge in [-0.3, -0.25) is 0 Å². The number of hydrogen-bond donors (Lipinski definition) is 2. The van der Waals surface area contributed by atoms with Gasteiger partial charge in [-0.05, 0) is 24.3 Å². The lowest BCUT2D eigenvalue weighted by Crippen LogP contribution is -2.42. The first-order valence-corrected chi connectivity index (χ1v) is 10.4. The molecule has 12 heteroatoms. The monoisotopic (exact) mass is 465 g/mol. The maximum absolute atomic E-state index is 14.0. The minimum absolute atomic E-state index is 0.0110. The smallest absolute Gasteiger partial charge is 0.374 e. The minimum Gasteiger partial charge on any atom is -0.374 e. The summed E-state index contributed by atoms with van der Waals surface area (Å²) in [5.74, 6) is 0. The summed E-state index contributed by atoms with van der Waals surface area (Å²) in [4.78, 5) is 4.81. The summed E-state index contributed by atoms with van der Waals surface area (Å²) >= 11 is 11.7. The summed E-state index contributed by atoms with van der Waals surface area (Å²) in [5.41, 5.74) is 3.02. The third kappa shape index (κ3) is 3.28. The SMILES string of the molecule is NC1NS(=O)(=O)c2cc(C3=NOC(c4cc(Cl)cc(Cl)c4)(C(F)(F)F)C3)ccc21. The number of sulfonamides is 1. The van der Waals surface area contributed by atoms with Crippen molar-refractivity contribution in [2.24, 2.45) is 10.9 Å². The molecule has 4 rings (SSSR count). The Labute approximate surface area is 173 Å². The number of nitrogens with one attached hydrogen (secondary N) is 1. The van der Waals surface area contributed by atoms with E-state index >= 15 is 0 Å². The number of hydrogen-bond acceptors (Lipinski definition) is 5. The van der Waals surface area contributed by atoms with Crippen LogP contribution in [0.15, 0.2) is 46.4 Å². The Bertz CT molecular complexity index is 1130. The van der Waals surface area contributed by atoms with Gasteiger partial charge in [0, 0.05) is 33.2 Å². The van der Waals surface area contributed by atoms with Gasteiger partial charge in [-0.2, -0.15) is 17.9 Å². The third-order valence-electron chi connectivity index (χ3n) is 4.77. The van der Waals surface area contributed by atoms with E-state index in [1.165, 1.54) is 24.3 Å². The van der Waals surface area contributed by atoms with Crippen LogP contribution >= 0.6 is 23.2 Å². The highest BCUT2D eigenvalue weighted by molar-refractivity contribution is 7.89. The molecule has 0 aromatic heterocycles. The topological polar surface area (TPSA) is 93.8 Å². The molecule has 0 saturated heterocycles. The largest absolute Gasteiger partial charge is 0.435 e. The Morgan fingerprint density at radius 1 is 1.17 bits per heavy atom. The quantitative estimate of drug-likeness (QED) is 0.704. The molecule has 3 N–H and O–H groups in total. The van der Waals surface area contributed by atoms with Crippen molar-refractivity contribution < 1.29 is 26.4 Å². The highest BCUT2D eigenvalue weighted by Gasteiger charge is 2.62. The van der Waals surface area contributed by atoms with Gasteiger partial charge in [0.1, 0.15) is 0 Å². The highest BCUT2D eigenvalue weighted by atomic mass is 35.5. The summed E-state index contributed by atoms with van der Waals surface area (Å²) in [6.07, 6.45) is -6.46. The normalized spacial score (nSPS) is 25.4. The van der Waals surface area contributed by atoms with Crippen LogP contribution in [0.25, 0.3) is 0 Å². The van der Waals surface area contributed by atoms with Gasteiger partial charge in [-0.25, -0.2) is 8.42 Å². The molecular formula is C17H12Cl2F3N3O3S. The summed E-state index contributed by atoms with van der Waals surface area (Å²) in [6.45, 7) is 0. The molecule has 29 heavy (non-hydrogen) atoms. The zero-order valence-electron chi connectivity index (χ0n) is 14.3. The van der Waals surface area contributed by atoms with Crippen LogP contribution in [0.2, 0.25) is 10.0 Å². The van der Waals surface area contributed by atoms with Crippen molar-refractivity contribution >= 4 is 38.9 Å². The molecule has 0 saturated carbocycles. The fraction of sp³-hybridized carbons (Fsp3) is 0.235. The second kappa shape index (κ2) is 6.58. The Hall–Kier alpha value is -1.85. The highest BCUT2D eigenvalue weighted by Crippen LogP contribution is 2.50. The van der Waals surface area contributed by atoms with Gasteiger partial charge in [0.25, 0.3) is 5.60 Å². The van der Waals surface area contributed by atoms with Gasteiger partial charge in [0.15, 0.2) is 0 Å². The predicted molar refractivity (Wildman–Crippen MR) is 100 cm³/mol. The van der Waals surface area contributed by atoms with E-state index in [0.29, 0.717) is 5.56 Å². The van der Waals surface area contributed by atoms with Crippen molar-refractivity contribution in [3.05, 3.63) is 63.1 Å². The zero-order chi connectivity index (χ0) is 21.2. The molecule has 2 aromatic rings. The third-order valence-corrected chi connectivity index (χ3v) is 6.70. The fourth-order valence-electron chi connectivity index (χ4n) is 3.34. The van der Waals surface area contributed by atoms with E-state index in [0.717, 1.165) is 12.1 Å². The van der Waals surface area contributed by atoms with Gasteiger partial charge in [-0.1, -0.05) is 40.5 Å². The van der Waals surface area contributed by atoms with Gasteiger partial charge in [-0.15, -0.1) is 0 Å². The van der Waals surface area contributed by atoms with E-state index in [1.54, 1.807) is 0 Å². The number of benzene rings is 2. The molecular weight excluding hydrogens is 454 g/mol. The van der Waals surface area contributed by atoms with Crippen molar-refractivity contribution in [3.63, 3.8) is 0 Å². The van der Waals surface area contributed by atoms with Crippen LogP contribution in [-0.4, -0.2) is 20.3 Å². The molecule has 6 nitrogen and oxygen atoms in total. The van der Waals surface area contributed by atoms with E-state index in [9.17, 15) is 21.6 Å². The van der Waals surface area contributed by atoms with Gasteiger partial charge < -0.3 is 10.6 Å². The molecule has 2 aromatic carbocycles. The summed E-state index contributed by atoms with van der Waals surface area (Å²) in [5, 5.41) is 3.64. The molecule has 0 fully saturated rings. The first-order valence-electron chi connectivity index (χ1n) is 8.13. The van der Waals surface area contributed by atoms with Crippen molar-refractivity contribution in [2.75, 3.05) is 0 Å². The zero-order valence-corrected chi connectivity index (χ0v) is 16.6. The number of halogens is 5. The van der Waals surface area contributed by atoms with Crippen LogP contribution in [0.4, 0.5) is 13.2 Å². The number of oxime groups is 1. The lowest BCUT2D eigenvalue weighted by molar-refractivity contribution is -0.275. The molecule has 154 valence electrons. The van der Waals surface area contributed by atoms with Crippen molar-refractivity contribution in [1.29, 1.82) is 0 Å². The predicted octanol–water partition coefficient (Wildman–Crippen LogP) is 3.82. The second-order valence-electron chi connectivity index (χ2n) is 6.64. The van der Waals surface area contributed by atoms with Crippen LogP contribution in [0.3, 0.4) is 0 Å². The molecule has 2 heterocycles. The number of nitrogens with two attached hydrogens (primary N) is 1. The van der Waals surface area contributed by atoms with Crippen LogP contribution in [0.5, 0.6) is 0 Å². The summed E-state index contributed by atoms with van der Waals surface area (Å²) in [7, 11) is -3.86. The number of fused-ring (bicyclic) bond motifs is 1. The lowest BCUT2D eigenvalue weighted by Gasteiger charge is -2.29. The molecule has 0 radical (unpaired) electrons. The number of nitrogens with zero attached hydrogens (tertiary/aromatic N) is 1. The van der Waals surface area contributed by atoms with Crippen molar-refractivity contribution in [3.8, 4) is 0 Å². The maximum atomic E-state index is 14.0. The Kier molecular flexibility index (Phi) is 4.63. The van der Waals surface area contributed by atoms with Crippen molar-refractivity contribution in [2.45, 2.75) is 29.3 Å². The Balaban J connectivity index is 1.77. The molecule has 0 spiro atoms. The van der Waals surface area contributed by atoms with Crippen LogP contribution < -0.4 is 10.5 Å². The summed E-state index contributed by atoms with van der Waals surface area (Å²) < 4.78 is 68.6. The van der Waals surface area contributed by atoms with Gasteiger partial charge in [0.2, 0.25) is 10.0 Å². The van der Waals surface area contributed by atoms with Crippen LogP contribution in [-0.2, 0) is 20.5 Å². The van der Waals surface area contributed by atoms with E-state index < -0.39 is 34.4 Å². The average Bonchev–Trinajstić information content (AvgIpc) is 3.14. The maximum Gasteiger partial charge on any atom is 0.435 e. The fourth-order valence-corrected chi connectivity index (χ4v) is 5.24. The van der Waals surface area contributed by atoms with E-state index in [-0.39, 0.29) is 31.8 Å². The molecule has 2 aliphatic heterocycles. The molecule has 0 bridgehead atoms. The molecule has 0 aliphatic carbocycles. The van der Waals surface area contributed by atoms with Crippen LogP contribution in [0, 0.1) is 0 Å². The summed E-state index contributed by atoms with van der Waals surface area (Å²) in [6, 6.07) is 7.62. The Morgan fingerprint density at radius 2 is 1.83 bits per heavy atom. The molecule has 0 amide bonds. The average molecular weight is 466 g/mol. The van der Waals surface area contributed by atoms with Crippen molar-refractivity contribution in [1.82, 2.24) is 4.72 Å². The molecule has 2 aliphatic rings. The first kappa shape index (κ1) is 20.4. The van der Waals surface area contributed by atoms with Gasteiger partial charge in [0.05, 0.1) is 16.8 Å². The minimum atomic E-state index is -4.85. The Morgan fingerprint density at radius 3 is 2.45 bits per heavy atom. The molecule has 2 unspecified atom stereocenters. The molecule has 2 atom stereocenters.